The van der Waals surface area contributed by atoms with E-state index in [1.165, 1.54) is 0 Å². The van der Waals surface area contributed by atoms with Crippen molar-refractivity contribution in [1.29, 1.82) is 5.26 Å². The van der Waals surface area contributed by atoms with Gasteiger partial charge in [-0.15, -0.1) is 0 Å². The molecule has 1 atom stereocenters. The first-order valence-corrected chi connectivity index (χ1v) is 9.61. The van der Waals surface area contributed by atoms with Gasteiger partial charge in [0.2, 0.25) is 0 Å². The van der Waals surface area contributed by atoms with E-state index in [4.69, 9.17) is 14.2 Å². The fourth-order valence-electron chi connectivity index (χ4n) is 3.58. The molecule has 6 nitrogen and oxygen atoms in total. The van der Waals surface area contributed by atoms with E-state index in [2.05, 4.69) is 11.0 Å². The van der Waals surface area contributed by atoms with Gasteiger partial charge in [-0.3, -0.25) is 4.79 Å². The van der Waals surface area contributed by atoms with E-state index in [1.54, 1.807) is 27.2 Å². The molecule has 0 bridgehead atoms. The number of nitrogens with zero attached hydrogens (tertiary/aromatic N) is 2. The lowest BCUT2D eigenvalue weighted by molar-refractivity contribution is -0.146. The molecular weight excluding hydrogens is 356 g/mol. The van der Waals surface area contributed by atoms with Gasteiger partial charge in [0.1, 0.15) is 11.5 Å². The molecule has 0 N–H and O–H groups in total. The number of hydrogen-bond acceptors (Lipinski definition) is 6. The molecule has 1 rings (SSSR count). The van der Waals surface area contributed by atoms with Crippen molar-refractivity contribution in [1.82, 2.24) is 4.90 Å². The van der Waals surface area contributed by atoms with Crippen LogP contribution >= 0.6 is 0 Å². The summed E-state index contributed by atoms with van der Waals surface area (Å²) < 4.78 is 16.0. The lowest BCUT2D eigenvalue weighted by Gasteiger charge is -2.42. The fourth-order valence-corrected chi connectivity index (χ4v) is 3.58. The van der Waals surface area contributed by atoms with Crippen LogP contribution in [0.5, 0.6) is 11.5 Å². The lowest BCUT2D eigenvalue weighted by Crippen LogP contribution is -2.43. The second-order valence-corrected chi connectivity index (χ2v) is 7.89. The standard InChI is InChI=1S/C22H34N2O4/c1-8-28-20(25)15-21(2,3)22(16-23,10-9-11-24(4)5)17-12-18(26-6)14-19(13-17)27-7/h12-14H,8-11,15H2,1-7H3. The van der Waals surface area contributed by atoms with Gasteiger partial charge in [0, 0.05) is 6.07 Å². The molecule has 0 amide bonds. The van der Waals surface area contributed by atoms with Crippen molar-refractivity contribution >= 4 is 5.97 Å². The van der Waals surface area contributed by atoms with Crippen molar-refractivity contribution in [3.05, 3.63) is 23.8 Å². The summed E-state index contributed by atoms with van der Waals surface area (Å²) in [6, 6.07) is 8.08. The summed E-state index contributed by atoms with van der Waals surface area (Å²) in [7, 11) is 7.18. The Bertz CT molecular complexity index is 672. The number of rotatable bonds is 11. The Hall–Kier alpha value is -2.26. The van der Waals surface area contributed by atoms with Gasteiger partial charge in [0.15, 0.2) is 0 Å². The Morgan fingerprint density at radius 2 is 1.71 bits per heavy atom. The minimum Gasteiger partial charge on any atom is -0.497 e. The monoisotopic (exact) mass is 390 g/mol. The highest BCUT2D eigenvalue weighted by Crippen LogP contribution is 2.49. The van der Waals surface area contributed by atoms with Crippen molar-refractivity contribution in [3.63, 3.8) is 0 Å². The topological polar surface area (TPSA) is 71.8 Å². The molecule has 28 heavy (non-hydrogen) atoms. The maximum absolute atomic E-state index is 12.3. The zero-order valence-corrected chi connectivity index (χ0v) is 18.3. The molecule has 1 aromatic rings. The third-order valence-electron chi connectivity index (χ3n) is 5.24. The van der Waals surface area contributed by atoms with E-state index in [9.17, 15) is 10.1 Å². The van der Waals surface area contributed by atoms with Crippen LogP contribution in [0.15, 0.2) is 18.2 Å². The van der Waals surface area contributed by atoms with Crippen LogP contribution in [0, 0.1) is 16.7 Å². The second kappa shape index (κ2) is 10.3. The van der Waals surface area contributed by atoms with E-state index in [0.717, 1.165) is 18.5 Å². The molecule has 156 valence electrons. The summed E-state index contributed by atoms with van der Waals surface area (Å²) in [4.78, 5) is 14.4. The Morgan fingerprint density at radius 3 is 2.14 bits per heavy atom. The summed E-state index contributed by atoms with van der Waals surface area (Å²) in [5, 5.41) is 10.4. The summed E-state index contributed by atoms with van der Waals surface area (Å²) in [5.41, 5.74) is -0.769. The lowest BCUT2D eigenvalue weighted by atomic mass is 9.59. The third kappa shape index (κ3) is 5.62. The number of ether oxygens (including phenoxy) is 3. The zero-order valence-electron chi connectivity index (χ0n) is 18.3. The number of nitriles is 1. The van der Waals surface area contributed by atoms with Crippen LogP contribution in [0.2, 0.25) is 0 Å². The summed E-state index contributed by atoms with van der Waals surface area (Å²) in [5.74, 6) is 0.941. The molecule has 0 heterocycles. The van der Waals surface area contributed by atoms with E-state index in [-0.39, 0.29) is 12.4 Å². The Balaban J connectivity index is 3.49. The molecule has 1 unspecified atom stereocenters. The van der Waals surface area contributed by atoms with E-state index < -0.39 is 10.8 Å². The minimum atomic E-state index is -0.905. The van der Waals surface area contributed by atoms with Gasteiger partial charge in [0.05, 0.1) is 38.7 Å². The van der Waals surface area contributed by atoms with Gasteiger partial charge in [-0.1, -0.05) is 13.8 Å². The normalized spacial score (nSPS) is 13.5. The number of methoxy groups -OCH3 is 2. The average molecular weight is 391 g/mol. The first-order valence-electron chi connectivity index (χ1n) is 9.61. The van der Waals surface area contributed by atoms with Crippen LogP contribution in [0.4, 0.5) is 0 Å². The van der Waals surface area contributed by atoms with Crippen molar-refractivity contribution in [2.75, 3.05) is 41.5 Å². The van der Waals surface area contributed by atoms with Crippen LogP contribution in [0.25, 0.3) is 0 Å². The maximum atomic E-state index is 12.3. The van der Waals surface area contributed by atoms with Gasteiger partial charge >= 0.3 is 5.97 Å². The van der Waals surface area contributed by atoms with Crippen LogP contribution in [-0.2, 0) is 14.9 Å². The third-order valence-corrected chi connectivity index (χ3v) is 5.24. The van der Waals surface area contributed by atoms with Crippen molar-refractivity contribution < 1.29 is 19.0 Å². The first-order chi connectivity index (χ1) is 13.2. The predicted octanol–water partition coefficient (Wildman–Crippen LogP) is 3.79. The maximum Gasteiger partial charge on any atom is 0.306 e. The Labute approximate surface area is 169 Å². The molecule has 0 spiro atoms. The quantitative estimate of drug-likeness (QED) is 0.535. The molecule has 1 aromatic carbocycles. The average Bonchev–Trinajstić information content (AvgIpc) is 2.64. The van der Waals surface area contributed by atoms with Crippen LogP contribution in [-0.4, -0.2) is 52.3 Å². The summed E-state index contributed by atoms with van der Waals surface area (Å²) in [6.07, 6.45) is 1.56. The number of benzene rings is 1. The molecule has 0 aliphatic rings. The van der Waals surface area contributed by atoms with E-state index in [0.29, 0.717) is 24.5 Å². The smallest absolute Gasteiger partial charge is 0.306 e. The number of esters is 1. The highest BCUT2D eigenvalue weighted by molar-refractivity contribution is 5.71. The van der Waals surface area contributed by atoms with Gasteiger partial charge in [-0.25, -0.2) is 0 Å². The van der Waals surface area contributed by atoms with Crippen molar-refractivity contribution in [2.24, 2.45) is 5.41 Å². The SMILES string of the molecule is CCOC(=O)CC(C)(C)C(C#N)(CCCN(C)C)c1cc(OC)cc(OC)c1. The van der Waals surface area contributed by atoms with Gasteiger partial charge in [0.25, 0.3) is 0 Å². The fraction of sp³-hybridized carbons (Fsp3) is 0.636. The molecule has 0 fully saturated rings. The van der Waals surface area contributed by atoms with Crippen molar-refractivity contribution in [3.8, 4) is 17.6 Å². The minimum absolute atomic E-state index is 0.149. The number of hydrogen-bond donors (Lipinski definition) is 0. The molecule has 0 saturated heterocycles. The molecule has 0 radical (unpaired) electrons. The molecular formula is C22H34N2O4. The molecule has 6 heteroatoms. The number of carbonyl (C=O) groups is 1. The van der Waals surface area contributed by atoms with Gasteiger partial charge in [-0.05, 0) is 63.5 Å². The number of carbonyl (C=O) groups excluding carboxylic acids is 1. The van der Waals surface area contributed by atoms with Crippen LogP contribution in [0.1, 0.15) is 45.6 Å². The second-order valence-electron chi connectivity index (χ2n) is 7.89. The van der Waals surface area contributed by atoms with Gasteiger partial charge in [-0.2, -0.15) is 5.26 Å². The molecule has 0 saturated carbocycles. The Kier molecular flexibility index (Phi) is 8.77. The first kappa shape index (κ1) is 23.8. The largest absolute Gasteiger partial charge is 0.497 e. The van der Waals surface area contributed by atoms with Gasteiger partial charge < -0.3 is 19.1 Å². The highest BCUT2D eigenvalue weighted by Gasteiger charge is 2.48. The van der Waals surface area contributed by atoms with Crippen LogP contribution < -0.4 is 9.47 Å². The molecule has 0 aliphatic carbocycles. The Morgan fingerprint density at radius 1 is 1.14 bits per heavy atom. The van der Waals surface area contributed by atoms with Crippen LogP contribution in [0.3, 0.4) is 0 Å². The zero-order chi connectivity index (χ0) is 21.4. The molecule has 0 aliphatic heterocycles. The predicted molar refractivity (Wildman–Crippen MR) is 110 cm³/mol. The summed E-state index contributed by atoms with van der Waals surface area (Å²) in [6.45, 7) is 6.86. The summed E-state index contributed by atoms with van der Waals surface area (Å²) >= 11 is 0. The highest BCUT2D eigenvalue weighted by atomic mass is 16.5. The van der Waals surface area contributed by atoms with E-state index in [1.807, 2.05) is 40.1 Å². The van der Waals surface area contributed by atoms with Crippen molar-refractivity contribution in [2.45, 2.75) is 45.4 Å². The molecule has 0 aromatic heterocycles. The van der Waals surface area contributed by atoms with E-state index >= 15 is 0 Å².